The van der Waals surface area contributed by atoms with E-state index in [1.165, 1.54) is 28.7 Å². The van der Waals surface area contributed by atoms with Crippen molar-refractivity contribution in [2.24, 2.45) is 0 Å². The van der Waals surface area contributed by atoms with Crippen molar-refractivity contribution in [3.05, 3.63) is 59.7 Å². The number of anilines is 3. The van der Waals surface area contributed by atoms with Crippen LogP contribution in [0.25, 0.3) is 0 Å². The first-order valence-corrected chi connectivity index (χ1v) is 10.8. The number of carbonyl (C=O) groups is 2. The van der Waals surface area contributed by atoms with Crippen LogP contribution in [-0.4, -0.2) is 34.8 Å². The number of hydrogen-bond acceptors (Lipinski definition) is 7. The Kier molecular flexibility index (Phi) is 7.20. The molecule has 7 nitrogen and oxygen atoms in total. The van der Waals surface area contributed by atoms with Crippen LogP contribution in [0.4, 0.5) is 16.5 Å². The van der Waals surface area contributed by atoms with Gasteiger partial charge in [-0.2, -0.15) is 0 Å². The van der Waals surface area contributed by atoms with E-state index in [0.717, 1.165) is 12.1 Å². The molecule has 0 atom stereocenters. The van der Waals surface area contributed by atoms with E-state index in [0.29, 0.717) is 20.7 Å². The molecular weight excluding hydrogens is 406 g/mol. The van der Waals surface area contributed by atoms with Crippen LogP contribution < -0.4 is 16.0 Å². The predicted octanol–water partition coefficient (Wildman–Crippen LogP) is 3.93. The zero-order chi connectivity index (χ0) is 20.6. The van der Waals surface area contributed by atoms with E-state index < -0.39 is 0 Å². The normalized spacial score (nSPS) is 10.4. The number of carbonyl (C=O) groups excluding carboxylic acids is 2. The van der Waals surface area contributed by atoms with Gasteiger partial charge in [-0.05, 0) is 42.3 Å². The summed E-state index contributed by atoms with van der Waals surface area (Å²) in [6.07, 6.45) is 0.998. The summed E-state index contributed by atoms with van der Waals surface area (Å²) >= 11 is 2.71. The van der Waals surface area contributed by atoms with Crippen LogP contribution in [0.5, 0.6) is 0 Å². The summed E-state index contributed by atoms with van der Waals surface area (Å²) in [4.78, 5) is 23.9. The third-order valence-electron chi connectivity index (χ3n) is 3.98. The number of amides is 2. The van der Waals surface area contributed by atoms with Crippen LogP contribution in [0, 0.1) is 0 Å². The standard InChI is InChI=1S/C20H21N5O2S2/c1-3-13-7-9-15(10-8-13)23-19-24-25-20(29-19)28-12-17(26)22-16-6-4-5-14(11-16)18(27)21-2/h4-11H,3,12H2,1-2H3,(H,21,27)(H,22,26)(H,23,24). The molecule has 2 aromatic carbocycles. The van der Waals surface area contributed by atoms with Gasteiger partial charge in [0.25, 0.3) is 5.91 Å². The average Bonchev–Trinajstić information content (AvgIpc) is 3.19. The molecule has 1 heterocycles. The molecule has 0 aliphatic carbocycles. The Morgan fingerprint density at radius 1 is 1.07 bits per heavy atom. The van der Waals surface area contributed by atoms with E-state index in [-0.39, 0.29) is 17.6 Å². The minimum Gasteiger partial charge on any atom is -0.355 e. The first-order valence-electron chi connectivity index (χ1n) is 9.01. The summed E-state index contributed by atoms with van der Waals surface area (Å²) in [6, 6.07) is 15.0. The SMILES string of the molecule is CCc1ccc(Nc2nnc(SCC(=O)Nc3cccc(C(=O)NC)c3)s2)cc1. The second-order valence-electron chi connectivity index (χ2n) is 6.05. The lowest BCUT2D eigenvalue weighted by atomic mass is 10.1. The van der Waals surface area contributed by atoms with Crippen molar-refractivity contribution in [2.45, 2.75) is 17.7 Å². The van der Waals surface area contributed by atoms with Crippen LogP contribution in [0.15, 0.2) is 52.9 Å². The van der Waals surface area contributed by atoms with Gasteiger partial charge in [0, 0.05) is 24.0 Å². The number of hydrogen-bond donors (Lipinski definition) is 3. The van der Waals surface area contributed by atoms with Crippen molar-refractivity contribution in [3.63, 3.8) is 0 Å². The van der Waals surface area contributed by atoms with Crippen molar-refractivity contribution in [1.82, 2.24) is 15.5 Å². The van der Waals surface area contributed by atoms with Crippen LogP contribution in [0.3, 0.4) is 0 Å². The highest BCUT2D eigenvalue weighted by Crippen LogP contribution is 2.28. The maximum atomic E-state index is 12.2. The summed E-state index contributed by atoms with van der Waals surface area (Å²) in [5.41, 5.74) is 3.29. The maximum absolute atomic E-state index is 12.2. The molecule has 3 N–H and O–H groups in total. The van der Waals surface area contributed by atoms with Crippen molar-refractivity contribution in [3.8, 4) is 0 Å². The lowest BCUT2D eigenvalue weighted by Gasteiger charge is -2.06. The molecule has 0 aliphatic rings. The van der Waals surface area contributed by atoms with E-state index in [2.05, 4.69) is 45.2 Å². The molecule has 0 unspecified atom stereocenters. The molecule has 0 aliphatic heterocycles. The van der Waals surface area contributed by atoms with Gasteiger partial charge in [0.15, 0.2) is 4.34 Å². The summed E-state index contributed by atoms with van der Waals surface area (Å²) in [5.74, 6) is -0.179. The van der Waals surface area contributed by atoms with Crippen molar-refractivity contribution in [1.29, 1.82) is 0 Å². The minimum absolute atomic E-state index is 0.177. The topological polar surface area (TPSA) is 96.0 Å². The summed E-state index contributed by atoms with van der Waals surface area (Å²) < 4.78 is 0.701. The Balaban J connectivity index is 1.51. The zero-order valence-corrected chi connectivity index (χ0v) is 17.7. The second kappa shape index (κ2) is 10.0. The highest BCUT2D eigenvalue weighted by Gasteiger charge is 2.10. The van der Waals surface area contributed by atoms with E-state index in [4.69, 9.17) is 0 Å². The Bertz CT molecular complexity index is 989. The van der Waals surface area contributed by atoms with Gasteiger partial charge in [-0.25, -0.2) is 0 Å². The second-order valence-corrected chi connectivity index (χ2v) is 8.25. The van der Waals surface area contributed by atoms with Gasteiger partial charge in [0.05, 0.1) is 5.75 Å². The number of benzene rings is 2. The lowest BCUT2D eigenvalue weighted by molar-refractivity contribution is -0.113. The number of aromatic nitrogens is 2. The van der Waals surface area contributed by atoms with Gasteiger partial charge >= 0.3 is 0 Å². The highest BCUT2D eigenvalue weighted by atomic mass is 32.2. The van der Waals surface area contributed by atoms with Crippen molar-refractivity contribution in [2.75, 3.05) is 23.4 Å². The fourth-order valence-electron chi connectivity index (χ4n) is 2.47. The van der Waals surface area contributed by atoms with Gasteiger partial charge in [-0.1, -0.05) is 48.2 Å². The third kappa shape index (κ3) is 6.03. The number of aryl methyl sites for hydroxylation is 1. The maximum Gasteiger partial charge on any atom is 0.251 e. The number of nitrogens with one attached hydrogen (secondary N) is 3. The smallest absolute Gasteiger partial charge is 0.251 e. The van der Waals surface area contributed by atoms with Gasteiger partial charge in [0.2, 0.25) is 11.0 Å². The molecular formula is C20H21N5O2S2. The average molecular weight is 428 g/mol. The quantitative estimate of drug-likeness (QED) is 0.471. The van der Waals surface area contributed by atoms with Crippen molar-refractivity contribution < 1.29 is 9.59 Å². The molecule has 0 bridgehead atoms. The van der Waals surface area contributed by atoms with Crippen LogP contribution in [0.1, 0.15) is 22.8 Å². The largest absolute Gasteiger partial charge is 0.355 e. The Morgan fingerprint density at radius 2 is 1.86 bits per heavy atom. The predicted molar refractivity (Wildman–Crippen MR) is 118 cm³/mol. The monoisotopic (exact) mass is 427 g/mol. The molecule has 0 saturated heterocycles. The Hall–Kier alpha value is -2.91. The molecule has 1 aromatic heterocycles. The molecule has 3 rings (SSSR count). The molecule has 29 heavy (non-hydrogen) atoms. The van der Waals surface area contributed by atoms with Crippen LogP contribution in [0.2, 0.25) is 0 Å². The molecule has 0 fully saturated rings. The van der Waals surface area contributed by atoms with E-state index in [1.54, 1.807) is 31.3 Å². The van der Waals surface area contributed by atoms with E-state index in [1.807, 2.05) is 12.1 Å². The molecule has 0 saturated carbocycles. The number of nitrogens with zero attached hydrogens (tertiary/aromatic N) is 2. The van der Waals surface area contributed by atoms with Gasteiger partial charge < -0.3 is 16.0 Å². The third-order valence-corrected chi connectivity index (χ3v) is 5.95. The lowest BCUT2D eigenvalue weighted by Crippen LogP contribution is -2.18. The summed E-state index contributed by atoms with van der Waals surface area (Å²) in [5, 5.41) is 17.5. The number of rotatable bonds is 8. The van der Waals surface area contributed by atoms with Crippen molar-refractivity contribution >= 4 is 51.4 Å². The molecule has 0 spiro atoms. The molecule has 2 amide bonds. The first-order chi connectivity index (χ1) is 14.1. The Labute approximate surface area is 177 Å². The van der Waals surface area contributed by atoms with Gasteiger partial charge in [0.1, 0.15) is 0 Å². The van der Waals surface area contributed by atoms with Crippen LogP contribution in [-0.2, 0) is 11.2 Å². The summed E-state index contributed by atoms with van der Waals surface area (Å²) in [7, 11) is 1.57. The zero-order valence-electron chi connectivity index (χ0n) is 16.1. The molecule has 3 aromatic rings. The fraction of sp³-hybridized carbons (Fsp3) is 0.200. The van der Waals surface area contributed by atoms with Gasteiger partial charge in [-0.3, -0.25) is 9.59 Å². The van der Waals surface area contributed by atoms with E-state index >= 15 is 0 Å². The van der Waals surface area contributed by atoms with E-state index in [9.17, 15) is 9.59 Å². The molecule has 0 radical (unpaired) electrons. The molecule has 150 valence electrons. The number of thioether (sulfide) groups is 1. The van der Waals surface area contributed by atoms with Crippen LogP contribution >= 0.6 is 23.1 Å². The fourth-order valence-corrected chi connectivity index (χ4v) is 4.04. The first kappa shape index (κ1) is 20.8. The van der Waals surface area contributed by atoms with Gasteiger partial charge in [-0.15, -0.1) is 10.2 Å². The summed E-state index contributed by atoms with van der Waals surface area (Å²) in [6.45, 7) is 2.12. The molecule has 9 heteroatoms. The highest BCUT2D eigenvalue weighted by molar-refractivity contribution is 8.01. The Morgan fingerprint density at radius 3 is 2.59 bits per heavy atom. The minimum atomic E-state index is -0.200.